The third-order valence-corrected chi connectivity index (χ3v) is 4.76. The van der Waals surface area contributed by atoms with E-state index in [4.69, 9.17) is 4.74 Å². The van der Waals surface area contributed by atoms with E-state index >= 15 is 0 Å². The van der Waals surface area contributed by atoms with Crippen LogP contribution >= 0.6 is 0 Å². The van der Waals surface area contributed by atoms with Gasteiger partial charge in [0.25, 0.3) is 0 Å². The first-order valence-electron chi connectivity index (χ1n) is 9.86. The van der Waals surface area contributed by atoms with Gasteiger partial charge in [-0.3, -0.25) is 9.89 Å². The fourth-order valence-corrected chi connectivity index (χ4v) is 3.40. The second-order valence-electron chi connectivity index (χ2n) is 7.41. The van der Waals surface area contributed by atoms with Gasteiger partial charge in [0.2, 0.25) is 0 Å². The van der Waals surface area contributed by atoms with E-state index in [-0.39, 0.29) is 0 Å². The first kappa shape index (κ1) is 20.4. The lowest BCUT2D eigenvalue weighted by atomic mass is 10.1. The Morgan fingerprint density at radius 2 is 1.80 bits per heavy atom. The molecule has 2 fully saturated rings. The summed E-state index contributed by atoms with van der Waals surface area (Å²) < 4.78 is 5.36. The van der Waals surface area contributed by atoms with Gasteiger partial charge in [-0.25, -0.2) is 0 Å². The standard InChI is InChI=1S/C18H37N5O2/c1-3-19-17(20-7-10-22-8-5-4-6-9-22)21-15-18(2,24)16-23-11-13-25-14-12-23/h24H,3-16H2,1-2H3,(H2,19,20,21). The van der Waals surface area contributed by atoms with Crippen LogP contribution in [0, 0.1) is 0 Å². The normalized spacial score (nSPS) is 23.2. The Morgan fingerprint density at radius 3 is 2.48 bits per heavy atom. The van der Waals surface area contributed by atoms with Crippen molar-refractivity contribution in [3.05, 3.63) is 0 Å². The number of rotatable bonds is 8. The third kappa shape index (κ3) is 8.35. The van der Waals surface area contributed by atoms with Gasteiger partial charge in [-0.05, 0) is 39.8 Å². The molecule has 1 atom stereocenters. The number of aliphatic imine (C=N–C) groups is 1. The average molecular weight is 356 g/mol. The van der Waals surface area contributed by atoms with Gasteiger partial charge in [0, 0.05) is 39.3 Å². The topological polar surface area (TPSA) is 72.4 Å². The Labute approximate surface area is 152 Å². The van der Waals surface area contributed by atoms with E-state index in [1.807, 2.05) is 6.92 Å². The molecule has 0 radical (unpaired) electrons. The molecule has 0 bridgehead atoms. The van der Waals surface area contributed by atoms with Crippen LogP contribution in [0.5, 0.6) is 0 Å². The number of likely N-dealkylation sites (tertiary alicyclic amines) is 1. The maximum Gasteiger partial charge on any atom is 0.191 e. The summed E-state index contributed by atoms with van der Waals surface area (Å²) >= 11 is 0. The van der Waals surface area contributed by atoms with Gasteiger partial charge in [-0.2, -0.15) is 0 Å². The smallest absolute Gasteiger partial charge is 0.191 e. The van der Waals surface area contributed by atoms with Crippen LogP contribution in [-0.4, -0.2) is 98.6 Å². The van der Waals surface area contributed by atoms with Crippen molar-refractivity contribution >= 4 is 5.96 Å². The Kier molecular flexibility index (Phi) is 8.95. The molecule has 1 unspecified atom stereocenters. The molecule has 0 aromatic carbocycles. The van der Waals surface area contributed by atoms with Crippen molar-refractivity contribution in [2.45, 2.75) is 38.7 Å². The van der Waals surface area contributed by atoms with E-state index in [9.17, 15) is 5.11 Å². The predicted octanol–water partition coefficient (Wildman–Crippen LogP) is 0.111. The second kappa shape index (κ2) is 11.0. The van der Waals surface area contributed by atoms with E-state index in [0.717, 1.165) is 51.9 Å². The number of hydrogen-bond donors (Lipinski definition) is 3. The van der Waals surface area contributed by atoms with Crippen molar-refractivity contribution in [2.75, 3.05) is 72.1 Å². The van der Waals surface area contributed by atoms with Crippen LogP contribution in [0.1, 0.15) is 33.1 Å². The van der Waals surface area contributed by atoms with Crippen LogP contribution in [0.25, 0.3) is 0 Å². The first-order chi connectivity index (χ1) is 12.1. The van der Waals surface area contributed by atoms with Crippen LogP contribution in [0.3, 0.4) is 0 Å². The zero-order valence-electron chi connectivity index (χ0n) is 16.1. The van der Waals surface area contributed by atoms with E-state index < -0.39 is 5.60 Å². The lowest BCUT2D eigenvalue weighted by molar-refractivity contribution is -0.0179. The molecule has 146 valence electrons. The molecular formula is C18H37N5O2. The highest BCUT2D eigenvalue weighted by molar-refractivity contribution is 5.79. The number of β-amino-alcohol motifs (C(OH)–C–C–N with tert-alkyl or cyclic N) is 1. The second-order valence-corrected chi connectivity index (χ2v) is 7.41. The number of nitrogens with one attached hydrogen (secondary N) is 2. The maximum atomic E-state index is 10.7. The van der Waals surface area contributed by atoms with Gasteiger partial charge in [0.15, 0.2) is 5.96 Å². The lowest BCUT2D eigenvalue weighted by Crippen LogP contribution is -2.48. The molecule has 0 aromatic rings. The molecule has 7 heteroatoms. The molecule has 7 nitrogen and oxygen atoms in total. The molecule has 2 saturated heterocycles. The van der Waals surface area contributed by atoms with E-state index in [2.05, 4.69) is 32.3 Å². The van der Waals surface area contributed by atoms with Crippen molar-refractivity contribution in [3.63, 3.8) is 0 Å². The Hall–Kier alpha value is -0.890. The van der Waals surface area contributed by atoms with Crippen molar-refractivity contribution in [1.29, 1.82) is 0 Å². The molecule has 25 heavy (non-hydrogen) atoms. The number of morpholine rings is 1. The number of aliphatic hydroxyl groups is 1. The van der Waals surface area contributed by atoms with Crippen LogP contribution < -0.4 is 10.6 Å². The fourth-order valence-electron chi connectivity index (χ4n) is 3.40. The summed E-state index contributed by atoms with van der Waals surface area (Å²) in [5.41, 5.74) is -0.827. The molecule has 2 heterocycles. The highest BCUT2D eigenvalue weighted by Crippen LogP contribution is 2.09. The van der Waals surface area contributed by atoms with Crippen molar-refractivity contribution < 1.29 is 9.84 Å². The molecule has 2 rings (SSSR count). The van der Waals surface area contributed by atoms with Gasteiger partial charge in [0.05, 0.1) is 25.4 Å². The van der Waals surface area contributed by atoms with Crippen LogP contribution in [0.4, 0.5) is 0 Å². The summed E-state index contributed by atoms with van der Waals surface area (Å²) in [6.45, 7) is 13.4. The monoisotopic (exact) mass is 355 g/mol. The average Bonchev–Trinajstić information content (AvgIpc) is 2.61. The highest BCUT2D eigenvalue weighted by atomic mass is 16.5. The number of hydrogen-bond acceptors (Lipinski definition) is 5. The quantitative estimate of drug-likeness (QED) is 0.424. The van der Waals surface area contributed by atoms with Gasteiger partial charge in [0.1, 0.15) is 0 Å². The molecule has 3 N–H and O–H groups in total. The molecular weight excluding hydrogens is 318 g/mol. The van der Waals surface area contributed by atoms with Crippen LogP contribution in [0.2, 0.25) is 0 Å². The zero-order chi connectivity index (χ0) is 18.0. The number of ether oxygens (including phenoxy) is 1. The van der Waals surface area contributed by atoms with Crippen LogP contribution in [0.15, 0.2) is 4.99 Å². The summed E-state index contributed by atoms with van der Waals surface area (Å²) in [5, 5.41) is 17.3. The summed E-state index contributed by atoms with van der Waals surface area (Å²) in [4.78, 5) is 9.36. The molecule has 0 aromatic heterocycles. The van der Waals surface area contributed by atoms with Gasteiger partial charge < -0.3 is 25.4 Å². The number of piperidine rings is 1. The summed E-state index contributed by atoms with van der Waals surface area (Å²) in [5.74, 6) is 0.793. The molecule has 0 spiro atoms. The van der Waals surface area contributed by atoms with E-state index in [1.165, 1.54) is 32.4 Å². The zero-order valence-corrected chi connectivity index (χ0v) is 16.1. The molecule has 2 aliphatic rings. The van der Waals surface area contributed by atoms with Crippen molar-refractivity contribution in [3.8, 4) is 0 Å². The number of guanidine groups is 1. The largest absolute Gasteiger partial charge is 0.387 e. The minimum Gasteiger partial charge on any atom is -0.387 e. The third-order valence-electron chi connectivity index (χ3n) is 4.76. The van der Waals surface area contributed by atoms with Crippen LogP contribution in [-0.2, 0) is 4.74 Å². The molecule has 0 aliphatic carbocycles. The van der Waals surface area contributed by atoms with E-state index in [1.54, 1.807) is 0 Å². The van der Waals surface area contributed by atoms with Crippen molar-refractivity contribution in [1.82, 2.24) is 20.4 Å². The molecule has 0 saturated carbocycles. The minimum absolute atomic E-state index is 0.392. The molecule has 2 aliphatic heterocycles. The lowest BCUT2D eigenvalue weighted by Gasteiger charge is -2.33. The maximum absolute atomic E-state index is 10.7. The van der Waals surface area contributed by atoms with Gasteiger partial charge in [-0.15, -0.1) is 0 Å². The first-order valence-corrected chi connectivity index (χ1v) is 9.86. The van der Waals surface area contributed by atoms with Gasteiger partial charge >= 0.3 is 0 Å². The van der Waals surface area contributed by atoms with Crippen molar-refractivity contribution in [2.24, 2.45) is 4.99 Å². The Bertz CT molecular complexity index is 391. The minimum atomic E-state index is -0.827. The Balaban J connectivity index is 1.74. The summed E-state index contributed by atoms with van der Waals surface area (Å²) in [6, 6.07) is 0. The Morgan fingerprint density at radius 1 is 1.08 bits per heavy atom. The predicted molar refractivity (Wildman–Crippen MR) is 102 cm³/mol. The highest BCUT2D eigenvalue weighted by Gasteiger charge is 2.25. The molecule has 0 amide bonds. The van der Waals surface area contributed by atoms with Gasteiger partial charge in [-0.1, -0.05) is 6.42 Å². The summed E-state index contributed by atoms with van der Waals surface area (Å²) in [6.07, 6.45) is 4.00. The number of nitrogens with zero attached hydrogens (tertiary/aromatic N) is 3. The fraction of sp³-hybridized carbons (Fsp3) is 0.944. The SMILES string of the molecule is CCNC(=NCC(C)(O)CN1CCOCC1)NCCN1CCCCC1. The van der Waals surface area contributed by atoms with E-state index in [0.29, 0.717) is 13.1 Å². The summed E-state index contributed by atoms with van der Waals surface area (Å²) in [7, 11) is 0.